The molecule has 6 nitrogen and oxygen atoms in total. The van der Waals surface area contributed by atoms with Crippen molar-refractivity contribution in [2.75, 3.05) is 11.4 Å². The Bertz CT molecular complexity index is 1270. The van der Waals surface area contributed by atoms with Gasteiger partial charge in [0.2, 0.25) is 0 Å². The molecular weight excluding hydrogens is 362 g/mol. The van der Waals surface area contributed by atoms with Gasteiger partial charge in [0, 0.05) is 25.0 Å². The molecular formula is C20H19N3O3S. The monoisotopic (exact) mass is 381 g/mol. The minimum Gasteiger partial charge on any atom is -0.311 e. The summed E-state index contributed by atoms with van der Waals surface area (Å²) in [5.41, 5.74) is 2.67. The lowest BCUT2D eigenvalue weighted by Crippen LogP contribution is -2.27. The van der Waals surface area contributed by atoms with Crippen LogP contribution in [0.4, 0.5) is 11.4 Å². The second kappa shape index (κ2) is 6.56. The Labute approximate surface area is 158 Å². The fourth-order valence-electron chi connectivity index (χ4n) is 3.11. The lowest BCUT2D eigenvalue weighted by molar-refractivity contribution is 0.594. The van der Waals surface area contributed by atoms with Gasteiger partial charge in [-0.3, -0.25) is 9.10 Å². The van der Waals surface area contributed by atoms with Crippen LogP contribution in [0.3, 0.4) is 0 Å². The maximum absolute atomic E-state index is 13.1. The summed E-state index contributed by atoms with van der Waals surface area (Å²) >= 11 is 0. The summed E-state index contributed by atoms with van der Waals surface area (Å²) in [6.45, 7) is 10.5. The van der Waals surface area contributed by atoms with Crippen molar-refractivity contribution in [3.05, 3.63) is 75.4 Å². The summed E-state index contributed by atoms with van der Waals surface area (Å²) in [7, 11) is -0.595. The molecule has 3 rings (SSSR count). The normalized spacial score (nSPS) is 11.4. The Hall–Kier alpha value is -3.11. The molecule has 3 aromatic rings. The summed E-state index contributed by atoms with van der Waals surface area (Å²) < 4.78 is 28.9. The van der Waals surface area contributed by atoms with E-state index in [9.17, 15) is 13.2 Å². The molecule has 0 bridgehead atoms. The molecule has 0 N–H and O–H groups in total. The topological polar surface area (TPSA) is 63.7 Å². The molecule has 0 radical (unpaired) electrons. The summed E-state index contributed by atoms with van der Waals surface area (Å²) in [5.74, 6) is 0. The van der Waals surface area contributed by atoms with Crippen LogP contribution in [0.5, 0.6) is 0 Å². The second-order valence-corrected chi connectivity index (χ2v) is 8.41. The number of aromatic nitrogens is 1. The largest absolute Gasteiger partial charge is 0.311 e. The quantitative estimate of drug-likeness (QED) is 0.652. The van der Waals surface area contributed by atoms with Gasteiger partial charge >= 0.3 is 0 Å². The first-order valence-electron chi connectivity index (χ1n) is 8.24. The molecule has 0 spiro atoms. The van der Waals surface area contributed by atoms with E-state index in [2.05, 4.69) is 4.85 Å². The molecule has 1 aromatic heterocycles. The SMILES string of the molecule is [C-]#[N+]c1ccc(S(=O)(=O)N(C)c2ccc3c(c2)cc(C)c(=O)n3C)c(C)c1. The van der Waals surface area contributed by atoms with Crippen molar-refractivity contribution >= 4 is 32.3 Å². The number of pyridine rings is 1. The van der Waals surface area contributed by atoms with E-state index in [1.807, 2.05) is 0 Å². The van der Waals surface area contributed by atoms with Crippen LogP contribution in [0.15, 0.2) is 52.2 Å². The van der Waals surface area contributed by atoms with Crippen LogP contribution in [0.1, 0.15) is 11.1 Å². The van der Waals surface area contributed by atoms with E-state index >= 15 is 0 Å². The molecule has 0 aliphatic rings. The molecule has 0 saturated carbocycles. The number of nitrogens with zero attached hydrogens (tertiary/aromatic N) is 3. The Morgan fingerprint density at radius 2 is 1.74 bits per heavy atom. The lowest BCUT2D eigenvalue weighted by Gasteiger charge is -2.21. The first kappa shape index (κ1) is 18.7. The minimum absolute atomic E-state index is 0.0771. The third kappa shape index (κ3) is 3.09. The minimum atomic E-state index is -3.78. The number of benzene rings is 2. The first-order chi connectivity index (χ1) is 12.7. The number of hydrogen-bond acceptors (Lipinski definition) is 3. The molecule has 0 fully saturated rings. The van der Waals surface area contributed by atoms with Gasteiger partial charge in [0.05, 0.1) is 22.7 Å². The number of fused-ring (bicyclic) bond motifs is 1. The maximum Gasteiger partial charge on any atom is 0.264 e. The van der Waals surface area contributed by atoms with Crippen LogP contribution < -0.4 is 9.86 Å². The second-order valence-electron chi connectivity index (χ2n) is 6.47. The van der Waals surface area contributed by atoms with Crippen LogP contribution in [0.2, 0.25) is 0 Å². The number of hydrogen-bond donors (Lipinski definition) is 0. The van der Waals surface area contributed by atoms with Gasteiger partial charge in [-0.25, -0.2) is 13.3 Å². The lowest BCUT2D eigenvalue weighted by atomic mass is 10.1. The predicted molar refractivity (Wildman–Crippen MR) is 107 cm³/mol. The predicted octanol–water partition coefficient (Wildman–Crippen LogP) is 3.53. The van der Waals surface area contributed by atoms with Gasteiger partial charge in [0.15, 0.2) is 5.69 Å². The summed E-state index contributed by atoms with van der Waals surface area (Å²) in [6.07, 6.45) is 0. The molecule has 7 heteroatoms. The summed E-state index contributed by atoms with van der Waals surface area (Å²) in [5, 5.41) is 0.786. The zero-order valence-corrected chi connectivity index (χ0v) is 16.3. The van der Waals surface area contributed by atoms with Crippen molar-refractivity contribution in [2.24, 2.45) is 7.05 Å². The summed E-state index contributed by atoms with van der Waals surface area (Å²) in [6, 6.07) is 11.5. The highest BCUT2D eigenvalue weighted by Gasteiger charge is 2.23. The van der Waals surface area contributed by atoms with Gasteiger partial charge in [-0.2, -0.15) is 0 Å². The third-order valence-electron chi connectivity index (χ3n) is 4.68. The van der Waals surface area contributed by atoms with Crippen LogP contribution in [0, 0.1) is 20.4 Å². The highest BCUT2D eigenvalue weighted by atomic mass is 32.2. The van der Waals surface area contributed by atoms with Crippen molar-refractivity contribution in [1.29, 1.82) is 0 Å². The number of sulfonamides is 1. The van der Waals surface area contributed by atoms with Crippen molar-refractivity contribution in [1.82, 2.24) is 4.57 Å². The highest BCUT2D eigenvalue weighted by Crippen LogP contribution is 2.29. The van der Waals surface area contributed by atoms with Gasteiger partial charge in [-0.1, -0.05) is 18.2 Å². The Kier molecular flexibility index (Phi) is 4.54. The smallest absolute Gasteiger partial charge is 0.264 e. The van der Waals surface area contributed by atoms with E-state index in [1.165, 1.54) is 23.5 Å². The van der Waals surface area contributed by atoms with E-state index < -0.39 is 10.0 Å². The molecule has 138 valence electrons. The van der Waals surface area contributed by atoms with E-state index in [4.69, 9.17) is 6.57 Å². The average molecular weight is 381 g/mol. The van der Waals surface area contributed by atoms with Gasteiger partial charge < -0.3 is 4.57 Å². The number of rotatable bonds is 3. The molecule has 0 atom stereocenters. The summed E-state index contributed by atoms with van der Waals surface area (Å²) in [4.78, 5) is 15.6. The molecule has 1 heterocycles. The average Bonchev–Trinajstić information content (AvgIpc) is 2.64. The number of anilines is 1. The Morgan fingerprint density at radius 1 is 1.04 bits per heavy atom. The molecule has 0 unspecified atom stereocenters. The van der Waals surface area contributed by atoms with Crippen LogP contribution in [0.25, 0.3) is 15.7 Å². The van der Waals surface area contributed by atoms with Gasteiger partial charge in [0.1, 0.15) is 0 Å². The van der Waals surface area contributed by atoms with Gasteiger partial charge in [0.25, 0.3) is 15.6 Å². The maximum atomic E-state index is 13.1. The molecule has 27 heavy (non-hydrogen) atoms. The Morgan fingerprint density at radius 3 is 2.37 bits per heavy atom. The van der Waals surface area contributed by atoms with Crippen molar-refractivity contribution in [3.8, 4) is 0 Å². The van der Waals surface area contributed by atoms with Crippen molar-refractivity contribution in [2.45, 2.75) is 18.7 Å². The number of aryl methyl sites for hydroxylation is 3. The van der Waals surface area contributed by atoms with E-state index in [-0.39, 0.29) is 10.5 Å². The van der Waals surface area contributed by atoms with Crippen LogP contribution >= 0.6 is 0 Å². The molecule has 0 amide bonds. The van der Waals surface area contributed by atoms with E-state index in [0.29, 0.717) is 22.5 Å². The van der Waals surface area contributed by atoms with Crippen LogP contribution in [-0.4, -0.2) is 20.0 Å². The Balaban J connectivity index is 2.12. The van der Waals surface area contributed by atoms with Gasteiger partial charge in [-0.05, 0) is 43.7 Å². The van der Waals surface area contributed by atoms with Crippen molar-refractivity contribution in [3.63, 3.8) is 0 Å². The van der Waals surface area contributed by atoms with Crippen LogP contribution in [-0.2, 0) is 17.1 Å². The molecule has 0 aliphatic heterocycles. The third-order valence-corrected chi connectivity index (χ3v) is 6.62. The molecule has 2 aromatic carbocycles. The molecule has 0 saturated heterocycles. The van der Waals surface area contributed by atoms with Gasteiger partial charge in [-0.15, -0.1) is 0 Å². The van der Waals surface area contributed by atoms with E-state index in [1.54, 1.807) is 55.8 Å². The molecule has 0 aliphatic carbocycles. The first-order valence-corrected chi connectivity index (χ1v) is 9.68. The fourth-order valence-corrected chi connectivity index (χ4v) is 4.50. The highest BCUT2D eigenvalue weighted by molar-refractivity contribution is 7.92. The zero-order valence-electron chi connectivity index (χ0n) is 15.5. The van der Waals surface area contributed by atoms with Crippen molar-refractivity contribution < 1.29 is 8.42 Å². The fraction of sp³-hybridized carbons (Fsp3) is 0.200. The van der Waals surface area contributed by atoms with E-state index in [0.717, 1.165) is 10.9 Å². The standard InChI is InChI=1S/C20H19N3O3S/c1-13-11-16(21-3)6-9-19(13)27(25,26)23(5)17-7-8-18-15(12-17)10-14(2)20(24)22(18)4/h6-12H,1-2,4-5H3. The zero-order chi connectivity index (χ0) is 19.9.